The summed E-state index contributed by atoms with van der Waals surface area (Å²) in [5, 5.41) is 4.56. The topological polar surface area (TPSA) is 51.8 Å². The molecule has 234 valence electrons. The van der Waals surface area contributed by atoms with Crippen LogP contribution in [0.2, 0.25) is 0 Å². The van der Waals surface area contributed by atoms with E-state index in [9.17, 15) is 0 Å². The Hall–Kier alpha value is -6.43. The van der Waals surface area contributed by atoms with Crippen molar-refractivity contribution in [2.45, 2.75) is 0 Å². The third kappa shape index (κ3) is 4.63. The summed E-state index contributed by atoms with van der Waals surface area (Å²) >= 11 is 1.80. The predicted octanol–water partition coefficient (Wildman–Crippen LogP) is 12.5. The summed E-state index contributed by atoms with van der Waals surface area (Å²) in [4.78, 5) is 15.1. The van der Waals surface area contributed by atoms with Gasteiger partial charge in [0.1, 0.15) is 11.2 Å². The summed E-state index contributed by atoms with van der Waals surface area (Å²) in [6.07, 6.45) is 0. The molecule has 0 spiro atoms. The number of nitrogens with zero attached hydrogens (tertiary/aromatic N) is 3. The van der Waals surface area contributed by atoms with Crippen LogP contribution in [-0.4, -0.2) is 15.0 Å². The van der Waals surface area contributed by atoms with Gasteiger partial charge >= 0.3 is 0 Å². The number of furan rings is 1. The molecule has 0 aliphatic carbocycles. The molecule has 0 saturated heterocycles. The van der Waals surface area contributed by atoms with Crippen molar-refractivity contribution in [2.75, 3.05) is 0 Å². The molecule has 0 atom stereocenters. The van der Waals surface area contributed by atoms with Crippen molar-refractivity contribution in [3.8, 4) is 56.4 Å². The minimum absolute atomic E-state index is 0.650. The normalized spacial score (nSPS) is 11.6. The van der Waals surface area contributed by atoms with Crippen LogP contribution in [0, 0.1) is 0 Å². The lowest BCUT2D eigenvalue weighted by Crippen LogP contribution is -2.00. The average Bonchev–Trinajstić information content (AvgIpc) is 3.78. The highest BCUT2D eigenvalue weighted by atomic mass is 32.1. The summed E-state index contributed by atoms with van der Waals surface area (Å²) in [6, 6.07) is 56.6. The Morgan fingerprint density at radius 3 is 1.66 bits per heavy atom. The van der Waals surface area contributed by atoms with E-state index in [-0.39, 0.29) is 0 Å². The van der Waals surface area contributed by atoms with E-state index in [1.807, 2.05) is 66.7 Å². The van der Waals surface area contributed by atoms with Gasteiger partial charge in [0.25, 0.3) is 0 Å². The molecule has 50 heavy (non-hydrogen) atoms. The third-order valence-electron chi connectivity index (χ3n) is 9.36. The number of para-hydroxylation sites is 1. The van der Waals surface area contributed by atoms with Crippen molar-refractivity contribution in [3.05, 3.63) is 164 Å². The van der Waals surface area contributed by atoms with E-state index in [4.69, 9.17) is 19.4 Å². The van der Waals surface area contributed by atoms with Crippen molar-refractivity contribution in [2.24, 2.45) is 0 Å². The van der Waals surface area contributed by atoms with Gasteiger partial charge in [-0.25, -0.2) is 15.0 Å². The zero-order chi connectivity index (χ0) is 33.0. The smallest absolute Gasteiger partial charge is 0.164 e. The van der Waals surface area contributed by atoms with Gasteiger partial charge in [-0.2, -0.15) is 0 Å². The molecule has 0 fully saturated rings. The van der Waals surface area contributed by atoms with E-state index in [2.05, 4.69) is 97.1 Å². The van der Waals surface area contributed by atoms with Crippen LogP contribution in [0.1, 0.15) is 0 Å². The summed E-state index contributed by atoms with van der Waals surface area (Å²) in [5.41, 5.74) is 9.22. The van der Waals surface area contributed by atoms with Crippen molar-refractivity contribution in [1.82, 2.24) is 15.0 Å². The van der Waals surface area contributed by atoms with Crippen LogP contribution in [0.3, 0.4) is 0 Å². The second-order valence-electron chi connectivity index (χ2n) is 12.3. The highest BCUT2D eigenvalue weighted by Gasteiger charge is 2.21. The second kappa shape index (κ2) is 11.6. The summed E-state index contributed by atoms with van der Waals surface area (Å²) in [5.74, 6) is 1.95. The van der Waals surface area contributed by atoms with Crippen LogP contribution in [0.25, 0.3) is 98.5 Å². The fraction of sp³-hybridized carbons (Fsp3) is 0. The monoisotopic (exact) mass is 657 g/mol. The minimum atomic E-state index is 0.650. The quantitative estimate of drug-likeness (QED) is 0.185. The molecule has 0 aliphatic rings. The molecular formula is C45H27N3OS. The summed E-state index contributed by atoms with van der Waals surface area (Å²) in [6.45, 7) is 0. The first-order valence-electron chi connectivity index (χ1n) is 16.6. The van der Waals surface area contributed by atoms with Crippen molar-refractivity contribution in [3.63, 3.8) is 0 Å². The number of fused-ring (bicyclic) bond motifs is 6. The lowest BCUT2D eigenvalue weighted by atomic mass is 9.94. The fourth-order valence-corrected chi connectivity index (χ4v) is 8.33. The second-order valence-corrected chi connectivity index (χ2v) is 13.4. The van der Waals surface area contributed by atoms with E-state index in [0.717, 1.165) is 60.5 Å². The molecule has 0 aliphatic heterocycles. The van der Waals surface area contributed by atoms with Gasteiger partial charge in [0.2, 0.25) is 0 Å². The fourth-order valence-electron chi connectivity index (χ4n) is 7.07. The Morgan fingerprint density at radius 2 is 0.940 bits per heavy atom. The van der Waals surface area contributed by atoms with Crippen molar-refractivity contribution >= 4 is 53.4 Å². The van der Waals surface area contributed by atoms with Crippen LogP contribution < -0.4 is 0 Å². The van der Waals surface area contributed by atoms with Crippen LogP contribution in [0.15, 0.2) is 168 Å². The molecule has 0 saturated carbocycles. The number of thiophene rings is 1. The van der Waals surface area contributed by atoms with Gasteiger partial charge in [-0.15, -0.1) is 11.3 Å². The maximum atomic E-state index is 6.70. The Bertz CT molecular complexity index is 2800. The van der Waals surface area contributed by atoms with E-state index in [1.54, 1.807) is 11.3 Å². The summed E-state index contributed by atoms with van der Waals surface area (Å²) in [7, 11) is 0. The Morgan fingerprint density at radius 1 is 0.380 bits per heavy atom. The molecular weight excluding hydrogens is 631 g/mol. The summed E-state index contributed by atoms with van der Waals surface area (Å²) < 4.78 is 9.08. The van der Waals surface area contributed by atoms with Gasteiger partial charge in [-0.3, -0.25) is 0 Å². The molecule has 0 bridgehead atoms. The van der Waals surface area contributed by atoms with E-state index >= 15 is 0 Å². The zero-order valence-electron chi connectivity index (χ0n) is 26.7. The van der Waals surface area contributed by atoms with Crippen LogP contribution in [0.5, 0.6) is 0 Å². The number of aromatic nitrogens is 3. The van der Waals surface area contributed by atoms with Gasteiger partial charge in [-0.05, 0) is 29.3 Å². The van der Waals surface area contributed by atoms with Crippen LogP contribution in [-0.2, 0) is 0 Å². The van der Waals surface area contributed by atoms with Gasteiger partial charge in [0.05, 0.1) is 0 Å². The zero-order valence-corrected chi connectivity index (χ0v) is 27.6. The molecule has 0 radical (unpaired) electrons. The molecule has 5 heteroatoms. The molecule has 10 aromatic rings. The Balaban J connectivity index is 1.21. The number of hydrogen-bond donors (Lipinski definition) is 0. The lowest BCUT2D eigenvalue weighted by molar-refractivity contribution is 0.670. The van der Waals surface area contributed by atoms with Crippen LogP contribution in [0.4, 0.5) is 0 Å². The van der Waals surface area contributed by atoms with Gasteiger partial charge in [0.15, 0.2) is 17.5 Å². The van der Waals surface area contributed by atoms with Gasteiger partial charge in [0, 0.05) is 58.8 Å². The van der Waals surface area contributed by atoms with Gasteiger partial charge in [-0.1, -0.05) is 146 Å². The highest BCUT2D eigenvalue weighted by molar-refractivity contribution is 7.26. The minimum Gasteiger partial charge on any atom is -0.455 e. The van der Waals surface area contributed by atoms with E-state index in [1.165, 1.54) is 20.5 Å². The number of benzene rings is 7. The lowest BCUT2D eigenvalue weighted by Gasteiger charge is -2.10. The molecule has 3 aromatic heterocycles. The third-order valence-corrected chi connectivity index (χ3v) is 10.6. The Labute approximate surface area is 292 Å². The van der Waals surface area contributed by atoms with Crippen molar-refractivity contribution in [1.29, 1.82) is 0 Å². The number of hydrogen-bond acceptors (Lipinski definition) is 5. The predicted molar refractivity (Wildman–Crippen MR) is 207 cm³/mol. The SMILES string of the molecule is c1ccc(-c2nc(-c3ccccc3)nc(-c3cccc4sc5c(-c6ccc(-c7ccccc7)c7c6oc6ccccc67)cccc5c34)n2)cc1. The number of rotatable bonds is 5. The molecule has 0 amide bonds. The standard InChI is InChI=1S/C45H27N3OS/c1-4-14-28(15-5-1)31-26-27-32(41-40(31)34-20-10-11-24-37(34)49-41)33-21-12-22-35-39-36(23-13-25-38(39)50-42(33)35)45-47-43(29-16-6-2-7-17-29)46-44(48-45)30-18-8-3-9-19-30/h1-27H. The largest absolute Gasteiger partial charge is 0.455 e. The Kier molecular flexibility index (Phi) is 6.64. The first-order chi connectivity index (χ1) is 24.8. The molecule has 0 N–H and O–H groups in total. The first kappa shape index (κ1) is 28.6. The molecule has 0 unspecified atom stereocenters. The van der Waals surface area contributed by atoms with E-state index in [0.29, 0.717) is 17.5 Å². The maximum absolute atomic E-state index is 6.70. The maximum Gasteiger partial charge on any atom is 0.164 e. The van der Waals surface area contributed by atoms with E-state index < -0.39 is 0 Å². The highest BCUT2D eigenvalue weighted by Crippen LogP contribution is 2.47. The first-order valence-corrected chi connectivity index (χ1v) is 17.4. The molecule has 7 aromatic carbocycles. The molecule has 4 nitrogen and oxygen atoms in total. The van der Waals surface area contributed by atoms with Crippen LogP contribution >= 0.6 is 11.3 Å². The van der Waals surface area contributed by atoms with Gasteiger partial charge < -0.3 is 4.42 Å². The molecule has 3 heterocycles. The van der Waals surface area contributed by atoms with Crippen molar-refractivity contribution < 1.29 is 4.42 Å². The molecule has 10 rings (SSSR count). The average molecular weight is 658 g/mol.